The summed E-state index contributed by atoms with van der Waals surface area (Å²) in [7, 11) is 0. The Morgan fingerprint density at radius 3 is 2.05 bits per heavy atom. The first-order valence-electron chi connectivity index (χ1n) is 8.61. The molecule has 0 aliphatic heterocycles. The number of rotatable bonds is 4. The molecule has 0 atom stereocenters. The lowest BCUT2D eigenvalue weighted by atomic mass is 9.47. The molecule has 1 nitrogen and oxygen atoms in total. The Morgan fingerprint density at radius 1 is 1.05 bits per heavy atom. The molecule has 0 unspecified atom stereocenters. The third kappa shape index (κ3) is 2.22. The molecule has 4 bridgehead atoms. The standard InChI is InChI=1S/C20H26O/c1-3-21-19-6-4-18(5-7-19)14(2)20-11-15-8-16(12-20)10-17(9-15)13-20/h4-7,15-17H,2-3,8-13H2,1H3. The molecule has 5 rings (SSSR count). The van der Waals surface area contributed by atoms with Crippen molar-refractivity contribution in [3.8, 4) is 5.75 Å². The van der Waals surface area contributed by atoms with Crippen LogP contribution in [-0.2, 0) is 0 Å². The Labute approximate surface area is 128 Å². The van der Waals surface area contributed by atoms with E-state index in [1.807, 2.05) is 6.92 Å². The van der Waals surface area contributed by atoms with Crippen LogP contribution in [-0.4, -0.2) is 6.61 Å². The minimum Gasteiger partial charge on any atom is -0.494 e. The highest BCUT2D eigenvalue weighted by Crippen LogP contribution is 2.64. The molecule has 4 fully saturated rings. The van der Waals surface area contributed by atoms with Crippen LogP contribution in [0.4, 0.5) is 0 Å². The number of hydrogen-bond acceptors (Lipinski definition) is 1. The summed E-state index contributed by atoms with van der Waals surface area (Å²) in [6.07, 6.45) is 8.67. The van der Waals surface area contributed by atoms with Crippen molar-refractivity contribution in [1.82, 2.24) is 0 Å². The van der Waals surface area contributed by atoms with Gasteiger partial charge in [0, 0.05) is 0 Å². The van der Waals surface area contributed by atoms with Crippen LogP contribution in [0.25, 0.3) is 5.57 Å². The molecule has 1 aromatic carbocycles. The summed E-state index contributed by atoms with van der Waals surface area (Å²) in [4.78, 5) is 0. The van der Waals surface area contributed by atoms with Gasteiger partial charge in [-0.2, -0.15) is 0 Å². The molecule has 1 aromatic rings. The molecule has 0 spiro atoms. The average Bonchev–Trinajstić information content (AvgIpc) is 2.46. The van der Waals surface area contributed by atoms with E-state index in [1.54, 1.807) is 0 Å². The van der Waals surface area contributed by atoms with Crippen molar-refractivity contribution in [3.63, 3.8) is 0 Å². The zero-order valence-electron chi connectivity index (χ0n) is 13.1. The molecule has 0 saturated heterocycles. The van der Waals surface area contributed by atoms with Gasteiger partial charge in [-0.1, -0.05) is 18.7 Å². The highest BCUT2D eigenvalue weighted by molar-refractivity contribution is 5.69. The van der Waals surface area contributed by atoms with Gasteiger partial charge in [0.05, 0.1) is 6.61 Å². The molecule has 4 aliphatic rings. The molecule has 1 heteroatoms. The smallest absolute Gasteiger partial charge is 0.119 e. The van der Waals surface area contributed by atoms with Crippen LogP contribution in [0.3, 0.4) is 0 Å². The van der Waals surface area contributed by atoms with E-state index in [9.17, 15) is 0 Å². The predicted octanol–water partition coefficient (Wildman–Crippen LogP) is 5.31. The number of benzene rings is 1. The van der Waals surface area contributed by atoms with Crippen molar-refractivity contribution in [2.24, 2.45) is 23.2 Å². The van der Waals surface area contributed by atoms with Crippen molar-refractivity contribution in [2.45, 2.75) is 45.4 Å². The van der Waals surface area contributed by atoms with Crippen LogP contribution in [0.2, 0.25) is 0 Å². The summed E-state index contributed by atoms with van der Waals surface area (Å²) in [5.41, 5.74) is 3.16. The number of ether oxygens (including phenoxy) is 1. The van der Waals surface area contributed by atoms with Crippen LogP contribution in [0.1, 0.15) is 51.0 Å². The topological polar surface area (TPSA) is 9.23 Å². The molecular weight excluding hydrogens is 256 g/mol. The van der Waals surface area contributed by atoms with Crippen LogP contribution in [0, 0.1) is 23.2 Å². The van der Waals surface area contributed by atoms with Crippen molar-refractivity contribution >= 4 is 5.57 Å². The van der Waals surface area contributed by atoms with Gasteiger partial charge in [-0.15, -0.1) is 0 Å². The maximum absolute atomic E-state index is 5.56. The summed E-state index contributed by atoms with van der Waals surface area (Å²) < 4.78 is 5.56. The van der Waals surface area contributed by atoms with E-state index in [2.05, 4.69) is 30.8 Å². The lowest BCUT2D eigenvalue weighted by molar-refractivity contribution is -0.0176. The molecule has 0 heterocycles. The van der Waals surface area contributed by atoms with Gasteiger partial charge in [-0.25, -0.2) is 0 Å². The first-order valence-corrected chi connectivity index (χ1v) is 8.61. The quantitative estimate of drug-likeness (QED) is 0.726. The van der Waals surface area contributed by atoms with Gasteiger partial charge in [0.1, 0.15) is 5.75 Å². The van der Waals surface area contributed by atoms with E-state index in [4.69, 9.17) is 4.74 Å². The molecule has 4 aliphatic carbocycles. The summed E-state index contributed by atoms with van der Waals surface area (Å²) in [6, 6.07) is 8.63. The highest BCUT2D eigenvalue weighted by Gasteiger charge is 2.52. The molecule has 0 N–H and O–H groups in total. The van der Waals surface area contributed by atoms with E-state index < -0.39 is 0 Å². The zero-order chi connectivity index (χ0) is 14.4. The Morgan fingerprint density at radius 2 is 1.57 bits per heavy atom. The molecule has 0 amide bonds. The van der Waals surface area contributed by atoms with Crippen molar-refractivity contribution in [1.29, 1.82) is 0 Å². The Balaban J connectivity index is 1.59. The molecule has 4 saturated carbocycles. The molecular formula is C20H26O. The minimum absolute atomic E-state index is 0.419. The Kier molecular flexibility index (Phi) is 3.13. The Bertz CT molecular complexity index is 504. The largest absolute Gasteiger partial charge is 0.494 e. The van der Waals surface area contributed by atoms with Gasteiger partial charge in [0.25, 0.3) is 0 Å². The second-order valence-corrected chi connectivity index (χ2v) is 7.63. The third-order valence-corrected chi connectivity index (χ3v) is 6.19. The minimum atomic E-state index is 0.419. The summed E-state index contributed by atoms with van der Waals surface area (Å²) in [5, 5.41) is 0. The van der Waals surface area contributed by atoms with Crippen molar-refractivity contribution in [3.05, 3.63) is 36.4 Å². The predicted molar refractivity (Wildman–Crippen MR) is 87.3 cm³/mol. The second kappa shape index (κ2) is 4.90. The van der Waals surface area contributed by atoms with Crippen molar-refractivity contribution < 1.29 is 4.74 Å². The van der Waals surface area contributed by atoms with E-state index in [1.165, 1.54) is 49.7 Å². The van der Waals surface area contributed by atoms with Gasteiger partial charge in [-0.3, -0.25) is 0 Å². The summed E-state index contributed by atoms with van der Waals surface area (Å²) >= 11 is 0. The number of hydrogen-bond donors (Lipinski definition) is 0. The van der Waals surface area contributed by atoms with Gasteiger partial charge < -0.3 is 4.74 Å². The van der Waals surface area contributed by atoms with Gasteiger partial charge >= 0.3 is 0 Å². The zero-order valence-corrected chi connectivity index (χ0v) is 13.1. The normalized spacial score (nSPS) is 36.7. The summed E-state index contributed by atoms with van der Waals surface area (Å²) in [5.74, 6) is 3.92. The van der Waals surface area contributed by atoms with Crippen LogP contribution < -0.4 is 4.74 Å². The highest BCUT2D eigenvalue weighted by atomic mass is 16.5. The maximum atomic E-state index is 5.56. The van der Waals surface area contributed by atoms with Gasteiger partial charge in [0.2, 0.25) is 0 Å². The fourth-order valence-electron chi connectivity index (χ4n) is 5.71. The Hall–Kier alpha value is -1.24. The lowest BCUT2D eigenvalue weighted by Crippen LogP contribution is -2.46. The third-order valence-electron chi connectivity index (χ3n) is 6.19. The van der Waals surface area contributed by atoms with Crippen LogP contribution in [0.5, 0.6) is 5.75 Å². The van der Waals surface area contributed by atoms with Gasteiger partial charge in [0.15, 0.2) is 0 Å². The lowest BCUT2D eigenvalue weighted by Gasteiger charge is -2.57. The molecule has 0 aromatic heterocycles. The van der Waals surface area contributed by atoms with Crippen LogP contribution in [0.15, 0.2) is 30.8 Å². The first-order chi connectivity index (χ1) is 10.2. The fraction of sp³-hybridized carbons (Fsp3) is 0.600. The molecule has 21 heavy (non-hydrogen) atoms. The summed E-state index contributed by atoms with van der Waals surface area (Å²) in [6.45, 7) is 7.31. The van der Waals surface area contributed by atoms with E-state index >= 15 is 0 Å². The SMILES string of the molecule is C=C(c1ccc(OCC)cc1)C12CC3CC(CC(C3)C1)C2. The van der Waals surface area contributed by atoms with Crippen molar-refractivity contribution in [2.75, 3.05) is 6.61 Å². The van der Waals surface area contributed by atoms with E-state index in [0.717, 1.165) is 30.1 Å². The first kappa shape index (κ1) is 13.4. The van der Waals surface area contributed by atoms with E-state index in [0.29, 0.717) is 5.41 Å². The molecule has 112 valence electrons. The number of allylic oxidation sites excluding steroid dienone is 1. The maximum Gasteiger partial charge on any atom is 0.119 e. The van der Waals surface area contributed by atoms with E-state index in [-0.39, 0.29) is 0 Å². The molecule has 0 radical (unpaired) electrons. The van der Waals surface area contributed by atoms with Gasteiger partial charge in [-0.05, 0) is 91.9 Å². The monoisotopic (exact) mass is 282 g/mol. The second-order valence-electron chi connectivity index (χ2n) is 7.63. The fourth-order valence-corrected chi connectivity index (χ4v) is 5.71. The average molecular weight is 282 g/mol. The van der Waals surface area contributed by atoms with Crippen LogP contribution >= 0.6 is 0 Å².